The summed E-state index contributed by atoms with van der Waals surface area (Å²) in [6.45, 7) is 3.60. The first kappa shape index (κ1) is 18.6. The Hall–Kier alpha value is -2.22. The first-order valence-corrected chi connectivity index (χ1v) is 9.78. The van der Waals surface area contributed by atoms with Gasteiger partial charge in [0.05, 0.1) is 10.7 Å². The van der Waals surface area contributed by atoms with Crippen LogP contribution in [0.2, 0.25) is 0 Å². The summed E-state index contributed by atoms with van der Waals surface area (Å²) in [5.41, 5.74) is 0.879. The molecule has 1 saturated carbocycles. The Morgan fingerprint density at radius 1 is 1.27 bits per heavy atom. The summed E-state index contributed by atoms with van der Waals surface area (Å²) in [5.74, 6) is 0.914. The van der Waals surface area contributed by atoms with Gasteiger partial charge in [-0.25, -0.2) is 0 Å². The van der Waals surface area contributed by atoms with Crippen molar-refractivity contribution in [2.24, 2.45) is 0 Å². The Morgan fingerprint density at radius 2 is 2.00 bits per heavy atom. The van der Waals surface area contributed by atoms with E-state index < -0.39 is 4.92 Å². The predicted octanol–water partition coefficient (Wildman–Crippen LogP) is 4.28. The van der Waals surface area contributed by atoms with Crippen LogP contribution in [0.1, 0.15) is 59.9 Å². The second-order valence-electron chi connectivity index (χ2n) is 6.66. The van der Waals surface area contributed by atoms with Crippen molar-refractivity contribution in [3.63, 3.8) is 0 Å². The number of hydrogen-bond acceptors (Lipinski definition) is 6. The van der Waals surface area contributed by atoms with E-state index in [1.807, 2.05) is 6.92 Å². The highest BCUT2D eigenvalue weighted by Gasteiger charge is 2.22. The lowest BCUT2D eigenvalue weighted by molar-refractivity contribution is -0.385. The van der Waals surface area contributed by atoms with Crippen molar-refractivity contribution in [2.75, 3.05) is 5.75 Å². The summed E-state index contributed by atoms with van der Waals surface area (Å²) >= 11 is 1.35. The Balaban J connectivity index is 1.72. The molecule has 1 aliphatic rings. The number of carbonyl (C=O) groups excluding carboxylic acids is 1. The Labute approximate surface area is 156 Å². The van der Waals surface area contributed by atoms with Crippen LogP contribution in [0.15, 0.2) is 23.4 Å². The van der Waals surface area contributed by atoms with Crippen LogP contribution in [0, 0.1) is 24.0 Å². The van der Waals surface area contributed by atoms with Gasteiger partial charge in [0.2, 0.25) is 0 Å². The third kappa shape index (κ3) is 3.95. The molecule has 26 heavy (non-hydrogen) atoms. The maximum absolute atomic E-state index is 12.5. The van der Waals surface area contributed by atoms with E-state index >= 15 is 0 Å². The van der Waals surface area contributed by atoms with Crippen LogP contribution in [0.5, 0.6) is 0 Å². The maximum Gasteiger partial charge on any atom is 0.273 e. The number of carbonyl (C=O) groups is 1. The lowest BCUT2D eigenvalue weighted by atomic mass is 9.95. The quantitative estimate of drug-likeness (QED) is 0.324. The van der Waals surface area contributed by atoms with E-state index in [1.54, 1.807) is 19.1 Å². The van der Waals surface area contributed by atoms with Crippen molar-refractivity contribution in [2.45, 2.75) is 57.1 Å². The van der Waals surface area contributed by atoms with Crippen molar-refractivity contribution in [3.05, 3.63) is 45.3 Å². The Bertz CT molecular complexity index is 828. The van der Waals surface area contributed by atoms with Crippen LogP contribution in [-0.4, -0.2) is 31.2 Å². The number of thioether (sulfide) groups is 1. The number of rotatable bonds is 6. The van der Waals surface area contributed by atoms with Crippen LogP contribution >= 0.6 is 11.8 Å². The van der Waals surface area contributed by atoms with Gasteiger partial charge in [-0.3, -0.25) is 14.9 Å². The third-order valence-corrected chi connectivity index (χ3v) is 5.78. The molecule has 0 spiro atoms. The van der Waals surface area contributed by atoms with Crippen molar-refractivity contribution >= 4 is 23.2 Å². The third-order valence-electron chi connectivity index (χ3n) is 4.84. The molecule has 0 aliphatic heterocycles. The zero-order valence-electron chi connectivity index (χ0n) is 15.0. The van der Waals surface area contributed by atoms with Gasteiger partial charge in [-0.05, 0) is 26.7 Å². The zero-order valence-corrected chi connectivity index (χ0v) is 15.8. The fourth-order valence-corrected chi connectivity index (χ4v) is 4.35. The molecule has 0 saturated heterocycles. The summed E-state index contributed by atoms with van der Waals surface area (Å²) in [4.78, 5) is 23.1. The van der Waals surface area contributed by atoms with Gasteiger partial charge in [-0.2, -0.15) is 0 Å². The van der Waals surface area contributed by atoms with Crippen LogP contribution < -0.4 is 0 Å². The molecule has 2 aromatic rings. The largest absolute Gasteiger partial charge is 0.303 e. The smallest absolute Gasteiger partial charge is 0.273 e. The molecule has 3 rings (SSSR count). The molecular formula is C18H22N4O3S. The highest BCUT2D eigenvalue weighted by molar-refractivity contribution is 7.99. The fourth-order valence-electron chi connectivity index (χ4n) is 3.40. The molecule has 1 aliphatic carbocycles. The van der Waals surface area contributed by atoms with Gasteiger partial charge >= 0.3 is 0 Å². The first-order valence-electron chi connectivity index (χ1n) is 8.80. The number of aryl methyl sites for hydroxylation is 2. The van der Waals surface area contributed by atoms with Crippen molar-refractivity contribution < 1.29 is 9.72 Å². The summed E-state index contributed by atoms with van der Waals surface area (Å²) in [6, 6.07) is 5.01. The van der Waals surface area contributed by atoms with Crippen molar-refractivity contribution in [1.29, 1.82) is 0 Å². The molecule has 0 amide bonds. The number of hydrogen-bond donors (Lipinski definition) is 0. The minimum absolute atomic E-state index is 0.0259. The van der Waals surface area contributed by atoms with Crippen LogP contribution in [0.25, 0.3) is 0 Å². The normalized spacial score (nSPS) is 15.2. The monoisotopic (exact) mass is 374 g/mol. The summed E-state index contributed by atoms with van der Waals surface area (Å²) < 4.78 is 2.15. The second kappa shape index (κ2) is 7.99. The van der Waals surface area contributed by atoms with Gasteiger partial charge < -0.3 is 4.57 Å². The lowest BCUT2D eigenvalue weighted by Gasteiger charge is -2.24. The molecule has 7 nitrogen and oxygen atoms in total. The Morgan fingerprint density at radius 3 is 2.69 bits per heavy atom. The number of nitrogens with zero attached hydrogens (tertiary/aromatic N) is 4. The zero-order chi connectivity index (χ0) is 18.7. The number of Topliss-reactive ketones (excluding diaryl/α,β-unsaturated/α-hetero) is 1. The molecule has 0 bridgehead atoms. The summed E-state index contributed by atoms with van der Waals surface area (Å²) in [5, 5.41) is 20.2. The molecule has 1 aromatic heterocycles. The number of nitro groups is 1. The van der Waals surface area contributed by atoms with E-state index in [0.717, 1.165) is 23.8 Å². The van der Waals surface area contributed by atoms with Gasteiger partial charge in [-0.15, -0.1) is 10.2 Å². The lowest BCUT2D eigenvalue weighted by Crippen LogP contribution is -2.15. The van der Waals surface area contributed by atoms with E-state index in [4.69, 9.17) is 0 Å². The van der Waals surface area contributed by atoms with Crippen LogP contribution in [0.3, 0.4) is 0 Å². The molecule has 8 heteroatoms. The standard InChI is InChI=1S/C18H22N4O3S/c1-12-8-9-14(10-16(12)22(24)25)17(23)11-26-18-20-19-13(2)21(18)15-6-4-3-5-7-15/h8-10,15H,3-7,11H2,1-2H3. The molecule has 0 atom stereocenters. The summed E-state index contributed by atoms with van der Waals surface area (Å²) in [7, 11) is 0. The van der Waals surface area contributed by atoms with E-state index in [1.165, 1.54) is 37.1 Å². The molecule has 0 N–H and O–H groups in total. The maximum atomic E-state index is 12.5. The molecule has 1 aromatic carbocycles. The van der Waals surface area contributed by atoms with Crippen molar-refractivity contribution in [1.82, 2.24) is 14.8 Å². The second-order valence-corrected chi connectivity index (χ2v) is 7.60. The Kier molecular flexibility index (Phi) is 5.70. The summed E-state index contributed by atoms with van der Waals surface area (Å²) in [6.07, 6.45) is 5.91. The highest BCUT2D eigenvalue weighted by atomic mass is 32.2. The van der Waals surface area contributed by atoms with E-state index in [9.17, 15) is 14.9 Å². The molecule has 1 heterocycles. The molecule has 138 valence electrons. The first-order chi connectivity index (χ1) is 12.5. The van der Waals surface area contributed by atoms with Crippen molar-refractivity contribution in [3.8, 4) is 0 Å². The SMILES string of the molecule is Cc1ccc(C(=O)CSc2nnc(C)n2C2CCCCC2)cc1[N+](=O)[O-]. The number of nitro benzene ring substituents is 1. The van der Waals surface area contributed by atoms with Crippen LogP contribution in [0.4, 0.5) is 5.69 Å². The van der Waals surface area contributed by atoms with Crippen LogP contribution in [-0.2, 0) is 0 Å². The number of benzene rings is 1. The van der Waals surface area contributed by atoms with E-state index in [-0.39, 0.29) is 17.2 Å². The highest BCUT2D eigenvalue weighted by Crippen LogP contribution is 2.32. The minimum Gasteiger partial charge on any atom is -0.303 e. The number of ketones is 1. The van der Waals surface area contributed by atoms with Gasteiger partial charge in [0.15, 0.2) is 10.9 Å². The molecule has 0 unspecified atom stereocenters. The minimum atomic E-state index is -0.456. The average Bonchev–Trinajstić information content (AvgIpc) is 3.01. The van der Waals surface area contributed by atoms with E-state index in [0.29, 0.717) is 17.2 Å². The molecular weight excluding hydrogens is 352 g/mol. The topological polar surface area (TPSA) is 90.9 Å². The molecule has 1 fully saturated rings. The average molecular weight is 374 g/mol. The van der Waals surface area contributed by atoms with E-state index in [2.05, 4.69) is 14.8 Å². The number of aromatic nitrogens is 3. The van der Waals surface area contributed by atoms with Gasteiger partial charge in [0.1, 0.15) is 5.82 Å². The van der Waals surface area contributed by atoms with Gasteiger partial charge in [0, 0.05) is 23.2 Å². The van der Waals surface area contributed by atoms with Gasteiger partial charge in [-0.1, -0.05) is 43.2 Å². The fraction of sp³-hybridized carbons (Fsp3) is 0.500. The predicted molar refractivity (Wildman–Crippen MR) is 99.8 cm³/mol. The van der Waals surface area contributed by atoms with Gasteiger partial charge in [0.25, 0.3) is 5.69 Å². The molecule has 0 radical (unpaired) electrons.